The number of rotatable bonds is 3. The third-order valence-electron chi connectivity index (χ3n) is 4.45. The van der Waals surface area contributed by atoms with Gasteiger partial charge in [0.25, 0.3) is 5.91 Å². The number of hydrogen-bond donors (Lipinski definition) is 2. The van der Waals surface area contributed by atoms with Crippen LogP contribution < -0.4 is 5.32 Å². The Kier molecular flexibility index (Phi) is 3.48. The van der Waals surface area contributed by atoms with Crippen molar-refractivity contribution >= 4 is 17.4 Å². The molecule has 0 aromatic carbocycles. The molecule has 0 aliphatic carbocycles. The Bertz CT molecular complexity index is 896. The second kappa shape index (κ2) is 5.67. The lowest BCUT2D eigenvalue weighted by Gasteiger charge is -2.17. The lowest BCUT2D eigenvalue weighted by molar-refractivity contribution is 0.0791. The summed E-state index contributed by atoms with van der Waals surface area (Å²) in [4.78, 5) is 21.8. The molecule has 1 atom stereocenters. The van der Waals surface area contributed by atoms with Gasteiger partial charge in [0.05, 0.1) is 17.5 Å². The summed E-state index contributed by atoms with van der Waals surface area (Å²) in [6, 6.07) is 4.09. The first-order valence-corrected chi connectivity index (χ1v) is 8.12. The summed E-state index contributed by atoms with van der Waals surface area (Å²) in [5.74, 6) is 0.892. The number of amides is 1. The van der Waals surface area contributed by atoms with E-state index in [1.165, 1.54) is 0 Å². The van der Waals surface area contributed by atoms with Crippen molar-refractivity contribution in [2.75, 3.05) is 18.4 Å². The van der Waals surface area contributed by atoms with Crippen molar-refractivity contribution in [3.63, 3.8) is 0 Å². The largest absolute Gasteiger partial charge is 0.367 e. The molecule has 0 saturated carbocycles. The van der Waals surface area contributed by atoms with E-state index in [1.807, 2.05) is 43.3 Å². The van der Waals surface area contributed by atoms with E-state index in [4.69, 9.17) is 0 Å². The van der Waals surface area contributed by atoms with Gasteiger partial charge in [-0.15, -0.1) is 5.10 Å². The summed E-state index contributed by atoms with van der Waals surface area (Å²) >= 11 is 0. The number of carbonyl (C=O) groups is 1. The highest BCUT2D eigenvalue weighted by atomic mass is 16.2. The van der Waals surface area contributed by atoms with Gasteiger partial charge in [-0.3, -0.25) is 4.79 Å². The molecule has 1 fully saturated rings. The second-order valence-electron chi connectivity index (χ2n) is 6.34. The number of hydrogen-bond acceptors (Lipinski definition) is 4. The van der Waals surface area contributed by atoms with Crippen LogP contribution in [0, 0.1) is 13.8 Å². The normalized spacial score (nSPS) is 17.6. The zero-order valence-electron chi connectivity index (χ0n) is 13.8. The molecule has 4 heterocycles. The molecule has 3 aromatic heterocycles. The molecule has 0 bridgehead atoms. The molecular formula is C17H20N6O. The molecule has 1 aliphatic rings. The van der Waals surface area contributed by atoms with E-state index in [2.05, 4.69) is 20.4 Å². The molecule has 0 spiro atoms. The maximum absolute atomic E-state index is 12.6. The molecule has 7 nitrogen and oxygen atoms in total. The standard InChI is InChI=1S/C17H20N6O/c1-11-7-18-8-14(11)17(24)22-6-5-13(10-22)20-15-3-4-16-19-12(2)9-23(16)21-15/h3-4,7-9,13,18H,5-6,10H2,1-2H3,(H,20,21)/t13-/m0/s1. The minimum absolute atomic E-state index is 0.0895. The van der Waals surface area contributed by atoms with Gasteiger partial charge >= 0.3 is 0 Å². The molecule has 1 aliphatic heterocycles. The summed E-state index contributed by atoms with van der Waals surface area (Å²) in [5.41, 5.74) is 3.52. The molecule has 0 radical (unpaired) electrons. The molecular weight excluding hydrogens is 304 g/mol. The highest BCUT2D eigenvalue weighted by Crippen LogP contribution is 2.18. The molecule has 2 N–H and O–H groups in total. The van der Waals surface area contributed by atoms with Crippen molar-refractivity contribution in [1.29, 1.82) is 0 Å². The van der Waals surface area contributed by atoms with E-state index in [0.29, 0.717) is 6.54 Å². The Balaban J connectivity index is 1.44. The highest BCUT2D eigenvalue weighted by Gasteiger charge is 2.28. The van der Waals surface area contributed by atoms with E-state index in [-0.39, 0.29) is 11.9 Å². The number of anilines is 1. The third kappa shape index (κ3) is 2.62. The number of fused-ring (bicyclic) bond motifs is 1. The number of H-pyrrole nitrogens is 1. The summed E-state index contributed by atoms with van der Waals surface area (Å²) in [6.07, 6.45) is 6.44. The van der Waals surface area contributed by atoms with Gasteiger partial charge in [0.2, 0.25) is 0 Å². The Morgan fingerprint density at radius 2 is 2.21 bits per heavy atom. The van der Waals surface area contributed by atoms with Gasteiger partial charge in [0, 0.05) is 31.5 Å². The topological polar surface area (TPSA) is 78.3 Å². The van der Waals surface area contributed by atoms with Crippen molar-refractivity contribution in [1.82, 2.24) is 24.5 Å². The molecule has 124 valence electrons. The van der Waals surface area contributed by atoms with Crippen LogP contribution in [0.5, 0.6) is 0 Å². The average molecular weight is 324 g/mol. The quantitative estimate of drug-likeness (QED) is 0.772. The summed E-state index contributed by atoms with van der Waals surface area (Å²) in [5, 5.41) is 7.95. The minimum Gasteiger partial charge on any atom is -0.367 e. The zero-order chi connectivity index (χ0) is 16.7. The van der Waals surface area contributed by atoms with Crippen LogP contribution in [0.15, 0.2) is 30.7 Å². The number of aryl methyl sites for hydroxylation is 2. The minimum atomic E-state index is 0.0895. The number of imidazole rings is 1. The highest BCUT2D eigenvalue weighted by molar-refractivity contribution is 5.95. The van der Waals surface area contributed by atoms with E-state index < -0.39 is 0 Å². The second-order valence-corrected chi connectivity index (χ2v) is 6.34. The molecule has 1 amide bonds. The molecule has 3 aromatic rings. The van der Waals surface area contributed by atoms with Crippen LogP contribution in [-0.2, 0) is 0 Å². The van der Waals surface area contributed by atoms with Gasteiger partial charge in [-0.05, 0) is 38.0 Å². The van der Waals surface area contributed by atoms with Crippen LogP contribution in [0.3, 0.4) is 0 Å². The van der Waals surface area contributed by atoms with Gasteiger partial charge in [0.1, 0.15) is 5.82 Å². The van der Waals surface area contributed by atoms with Gasteiger partial charge in [-0.25, -0.2) is 9.50 Å². The summed E-state index contributed by atoms with van der Waals surface area (Å²) in [6.45, 7) is 5.34. The van der Waals surface area contributed by atoms with Crippen molar-refractivity contribution < 1.29 is 4.79 Å². The first-order chi connectivity index (χ1) is 11.6. The molecule has 1 saturated heterocycles. The summed E-state index contributed by atoms with van der Waals surface area (Å²) in [7, 11) is 0. The lowest BCUT2D eigenvalue weighted by atomic mass is 10.2. The molecule has 24 heavy (non-hydrogen) atoms. The van der Waals surface area contributed by atoms with E-state index in [9.17, 15) is 4.79 Å². The fraction of sp³-hybridized carbons (Fsp3) is 0.353. The average Bonchev–Trinajstić information content (AvgIpc) is 3.25. The van der Waals surface area contributed by atoms with Crippen LogP contribution in [0.4, 0.5) is 5.82 Å². The Morgan fingerprint density at radius 3 is 3.00 bits per heavy atom. The van der Waals surface area contributed by atoms with Crippen LogP contribution in [-0.4, -0.2) is 49.5 Å². The number of nitrogens with zero attached hydrogens (tertiary/aromatic N) is 4. The maximum atomic E-state index is 12.6. The maximum Gasteiger partial charge on any atom is 0.255 e. The van der Waals surface area contributed by atoms with Crippen LogP contribution >= 0.6 is 0 Å². The lowest BCUT2D eigenvalue weighted by Crippen LogP contribution is -2.31. The van der Waals surface area contributed by atoms with E-state index in [0.717, 1.165) is 41.3 Å². The van der Waals surface area contributed by atoms with Crippen LogP contribution in [0.25, 0.3) is 5.65 Å². The Morgan fingerprint density at radius 1 is 1.33 bits per heavy atom. The fourth-order valence-corrected chi connectivity index (χ4v) is 3.19. The summed E-state index contributed by atoms with van der Waals surface area (Å²) < 4.78 is 1.78. The van der Waals surface area contributed by atoms with Crippen molar-refractivity contribution in [3.05, 3.63) is 47.5 Å². The number of likely N-dealkylation sites (tertiary alicyclic amines) is 1. The van der Waals surface area contributed by atoms with Gasteiger partial charge in [-0.1, -0.05) is 0 Å². The first-order valence-electron chi connectivity index (χ1n) is 8.12. The van der Waals surface area contributed by atoms with E-state index >= 15 is 0 Å². The third-order valence-corrected chi connectivity index (χ3v) is 4.45. The van der Waals surface area contributed by atoms with Gasteiger partial charge in [-0.2, -0.15) is 0 Å². The van der Waals surface area contributed by atoms with Crippen molar-refractivity contribution in [3.8, 4) is 0 Å². The Hall–Kier alpha value is -2.83. The number of carbonyl (C=O) groups excluding carboxylic acids is 1. The monoisotopic (exact) mass is 324 g/mol. The molecule has 0 unspecified atom stereocenters. The number of aromatic amines is 1. The fourth-order valence-electron chi connectivity index (χ4n) is 3.19. The SMILES string of the molecule is Cc1cn2nc(N[C@H]3CCN(C(=O)c4c[nH]cc4C)C3)ccc2n1. The predicted octanol–water partition coefficient (Wildman–Crippen LogP) is 2.00. The number of aromatic nitrogens is 4. The first kappa shape index (κ1) is 14.7. The van der Waals surface area contributed by atoms with E-state index in [1.54, 1.807) is 10.7 Å². The number of nitrogens with one attached hydrogen (secondary N) is 2. The van der Waals surface area contributed by atoms with Gasteiger partial charge in [0.15, 0.2) is 5.65 Å². The van der Waals surface area contributed by atoms with Crippen LogP contribution in [0.2, 0.25) is 0 Å². The van der Waals surface area contributed by atoms with Crippen molar-refractivity contribution in [2.45, 2.75) is 26.3 Å². The predicted molar refractivity (Wildman–Crippen MR) is 91.2 cm³/mol. The smallest absolute Gasteiger partial charge is 0.255 e. The molecule has 4 rings (SSSR count). The van der Waals surface area contributed by atoms with Crippen molar-refractivity contribution in [2.24, 2.45) is 0 Å². The molecule has 7 heteroatoms. The zero-order valence-corrected chi connectivity index (χ0v) is 13.8. The van der Waals surface area contributed by atoms with Gasteiger partial charge < -0.3 is 15.2 Å². The Labute approximate surface area is 139 Å². The van der Waals surface area contributed by atoms with Crippen LogP contribution in [0.1, 0.15) is 28.0 Å².